The molecule has 0 fully saturated rings. The molecule has 0 bridgehead atoms. The van der Waals surface area contributed by atoms with Crippen LogP contribution in [0, 0.1) is 25.7 Å². The Morgan fingerprint density at radius 2 is 1.70 bits per heavy atom. The third-order valence-electron chi connectivity index (χ3n) is 3.10. The number of aromatic nitrogens is 2. The van der Waals surface area contributed by atoms with E-state index in [4.69, 9.17) is 0 Å². The molecule has 5 heteroatoms. The Bertz CT molecular complexity index is 456. The van der Waals surface area contributed by atoms with E-state index in [0.717, 1.165) is 29.0 Å². The fourth-order valence-corrected chi connectivity index (χ4v) is 2.50. The van der Waals surface area contributed by atoms with Crippen molar-refractivity contribution in [2.24, 2.45) is 11.8 Å². The Morgan fingerprint density at radius 3 is 2.05 bits per heavy atom. The van der Waals surface area contributed by atoms with Crippen LogP contribution in [0.2, 0.25) is 0 Å². The summed E-state index contributed by atoms with van der Waals surface area (Å²) >= 11 is 3.50. The SMILES string of the molecule is Cc1nn(CC(=O)N(CC(C)C)CC(C)C)c(C)c1Br. The van der Waals surface area contributed by atoms with Crippen LogP contribution >= 0.6 is 15.9 Å². The van der Waals surface area contributed by atoms with Gasteiger partial charge in [0.2, 0.25) is 5.91 Å². The summed E-state index contributed by atoms with van der Waals surface area (Å²) < 4.78 is 2.78. The van der Waals surface area contributed by atoms with Crippen molar-refractivity contribution in [3.63, 3.8) is 0 Å². The van der Waals surface area contributed by atoms with Crippen molar-refractivity contribution in [3.8, 4) is 0 Å². The van der Waals surface area contributed by atoms with Gasteiger partial charge in [0.25, 0.3) is 0 Å². The zero-order valence-corrected chi connectivity index (χ0v) is 15.0. The third kappa shape index (κ3) is 4.62. The molecule has 114 valence electrons. The molecule has 0 saturated carbocycles. The summed E-state index contributed by atoms with van der Waals surface area (Å²) in [5.41, 5.74) is 1.93. The van der Waals surface area contributed by atoms with Crippen molar-refractivity contribution in [1.82, 2.24) is 14.7 Å². The highest BCUT2D eigenvalue weighted by Gasteiger charge is 2.19. The fourth-order valence-electron chi connectivity index (χ4n) is 2.22. The summed E-state index contributed by atoms with van der Waals surface area (Å²) in [6, 6.07) is 0. The molecule has 0 N–H and O–H groups in total. The maximum Gasteiger partial charge on any atom is 0.244 e. The molecule has 1 aromatic rings. The first-order valence-corrected chi connectivity index (χ1v) is 7.99. The Labute approximate surface area is 130 Å². The number of aryl methyl sites for hydroxylation is 1. The van der Waals surface area contributed by atoms with E-state index in [2.05, 4.69) is 48.7 Å². The van der Waals surface area contributed by atoms with Gasteiger partial charge >= 0.3 is 0 Å². The predicted octanol–water partition coefficient (Wildman–Crippen LogP) is 3.40. The topological polar surface area (TPSA) is 38.1 Å². The van der Waals surface area contributed by atoms with Crippen LogP contribution in [0.25, 0.3) is 0 Å². The maximum absolute atomic E-state index is 12.5. The van der Waals surface area contributed by atoms with Gasteiger partial charge in [-0.1, -0.05) is 27.7 Å². The molecule has 4 nitrogen and oxygen atoms in total. The van der Waals surface area contributed by atoms with Crippen molar-refractivity contribution < 1.29 is 4.79 Å². The zero-order valence-electron chi connectivity index (χ0n) is 13.4. The van der Waals surface area contributed by atoms with Gasteiger partial charge in [-0.15, -0.1) is 0 Å². The van der Waals surface area contributed by atoms with E-state index < -0.39 is 0 Å². The lowest BCUT2D eigenvalue weighted by Crippen LogP contribution is -2.39. The third-order valence-corrected chi connectivity index (χ3v) is 4.25. The molecule has 0 saturated heterocycles. The van der Waals surface area contributed by atoms with Gasteiger partial charge in [-0.2, -0.15) is 5.10 Å². The summed E-state index contributed by atoms with van der Waals surface area (Å²) in [6.45, 7) is 14.4. The van der Waals surface area contributed by atoms with Crippen molar-refractivity contribution in [3.05, 3.63) is 15.9 Å². The molecule has 1 rings (SSSR count). The van der Waals surface area contributed by atoms with Crippen molar-refractivity contribution >= 4 is 21.8 Å². The minimum Gasteiger partial charge on any atom is -0.341 e. The summed E-state index contributed by atoms with van der Waals surface area (Å²) in [7, 11) is 0. The van der Waals surface area contributed by atoms with Crippen LogP contribution in [0.1, 0.15) is 39.1 Å². The molecule has 1 heterocycles. The molecule has 20 heavy (non-hydrogen) atoms. The Balaban J connectivity index is 2.81. The van der Waals surface area contributed by atoms with E-state index in [-0.39, 0.29) is 5.91 Å². The minimum atomic E-state index is 0.144. The van der Waals surface area contributed by atoms with Gasteiger partial charge in [0.1, 0.15) is 6.54 Å². The van der Waals surface area contributed by atoms with Gasteiger partial charge in [-0.3, -0.25) is 9.48 Å². The van der Waals surface area contributed by atoms with Crippen LogP contribution in [0.4, 0.5) is 0 Å². The van der Waals surface area contributed by atoms with Gasteiger partial charge in [0, 0.05) is 13.1 Å². The smallest absolute Gasteiger partial charge is 0.244 e. The largest absolute Gasteiger partial charge is 0.341 e. The molecule has 0 unspecified atom stereocenters. The van der Waals surface area contributed by atoms with Gasteiger partial charge in [0.05, 0.1) is 15.9 Å². The highest BCUT2D eigenvalue weighted by molar-refractivity contribution is 9.10. The molecule has 0 aliphatic rings. The first-order chi connectivity index (χ1) is 9.22. The molecule has 0 spiro atoms. The van der Waals surface area contributed by atoms with E-state index in [0.29, 0.717) is 18.4 Å². The summed E-state index contributed by atoms with van der Waals surface area (Å²) in [5.74, 6) is 1.10. The van der Waals surface area contributed by atoms with Crippen LogP contribution in [0.3, 0.4) is 0 Å². The monoisotopic (exact) mass is 343 g/mol. The predicted molar refractivity (Wildman–Crippen MR) is 85.7 cm³/mol. The standard InChI is InChI=1S/C15H26BrN3O/c1-10(2)7-18(8-11(3)4)14(20)9-19-13(6)15(16)12(5)17-19/h10-11H,7-9H2,1-6H3. The van der Waals surface area contributed by atoms with Crippen LogP contribution < -0.4 is 0 Å². The number of halogens is 1. The van der Waals surface area contributed by atoms with E-state index in [1.807, 2.05) is 18.7 Å². The number of nitrogens with zero attached hydrogens (tertiary/aromatic N) is 3. The lowest BCUT2D eigenvalue weighted by molar-refractivity contribution is -0.133. The average molecular weight is 344 g/mol. The Morgan fingerprint density at radius 1 is 1.20 bits per heavy atom. The zero-order chi connectivity index (χ0) is 15.4. The van der Waals surface area contributed by atoms with Gasteiger partial charge in [0.15, 0.2) is 0 Å². The van der Waals surface area contributed by atoms with Crippen LogP contribution in [0.15, 0.2) is 4.47 Å². The average Bonchev–Trinajstić information content (AvgIpc) is 2.55. The van der Waals surface area contributed by atoms with Crippen molar-refractivity contribution in [1.29, 1.82) is 0 Å². The number of carbonyl (C=O) groups is 1. The maximum atomic E-state index is 12.5. The molecule has 0 aromatic carbocycles. The highest BCUT2D eigenvalue weighted by Crippen LogP contribution is 2.19. The number of carbonyl (C=O) groups excluding carboxylic acids is 1. The van der Waals surface area contributed by atoms with Gasteiger partial charge in [-0.25, -0.2) is 0 Å². The number of rotatable bonds is 6. The lowest BCUT2D eigenvalue weighted by Gasteiger charge is -2.26. The first kappa shape index (κ1) is 17.2. The second-order valence-electron chi connectivity index (χ2n) is 6.23. The molecule has 1 aromatic heterocycles. The van der Waals surface area contributed by atoms with Crippen LogP contribution in [-0.2, 0) is 11.3 Å². The second-order valence-corrected chi connectivity index (χ2v) is 7.02. The molecular weight excluding hydrogens is 318 g/mol. The molecular formula is C15H26BrN3O. The van der Waals surface area contributed by atoms with Crippen LogP contribution in [-0.4, -0.2) is 33.7 Å². The lowest BCUT2D eigenvalue weighted by atomic mass is 10.1. The second kappa shape index (κ2) is 7.25. The van der Waals surface area contributed by atoms with Crippen LogP contribution in [0.5, 0.6) is 0 Å². The van der Waals surface area contributed by atoms with E-state index in [1.54, 1.807) is 4.68 Å². The van der Waals surface area contributed by atoms with E-state index >= 15 is 0 Å². The number of hydrogen-bond donors (Lipinski definition) is 0. The van der Waals surface area contributed by atoms with Crippen molar-refractivity contribution in [2.45, 2.75) is 48.1 Å². The fraction of sp³-hybridized carbons (Fsp3) is 0.733. The minimum absolute atomic E-state index is 0.144. The first-order valence-electron chi connectivity index (χ1n) is 7.19. The Hall–Kier alpha value is -0.840. The number of hydrogen-bond acceptors (Lipinski definition) is 2. The molecule has 1 amide bonds. The highest BCUT2D eigenvalue weighted by atomic mass is 79.9. The summed E-state index contributed by atoms with van der Waals surface area (Å²) in [5, 5.41) is 4.41. The van der Waals surface area contributed by atoms with E-state index in [9.17, 15) is 4.79 Å². The molecule has 0 aliphatic carbocycles. The van der Waals surface area contributed by atoms with E-state index in [1.165, 1.54) is 0 Å². The molecule has 0 atom stereocenters. The summed E-state index contributed by atoms with van der Waals surface area (Å²) in [4.78, 5) is 14.5. The van der Waals surface area contributed by atoms with Gasteiger partial charge < -0.3 is 4.90 Å². The molecule has 0 aliphatic heterocycles. The normalized spacial score (nSPS) is 11.4. The van der Waals surface area contributed by atoms with Crippen molar-refractivity contribution in [2.75, 3.05) is 13.1 Å². The molecule has 0 radical (unpaired) electrons. The Kier molecular flexibility index (Phi) is 6.24. The quantitative estimate of drug-likeness (QED) is 0.793. The summed E-state index contributed by atoms with van der Waals surface area (Å²) in [6.07, 6.45) is 0. The van der Waals surface area contributed by atoms with Gasteiger partial charge in [-0.05, 0) is 41.6 Å². The number of amides is 1.